The van der Waals surface area contributed by atoms with E-state index in [-0.39, 0.29) is 45.3 Å². The highest BCUT2D eigenvalue weighted by atomic mass is 16.5. The van der Waals surface area contributed by atoms with E-state index in [0.717, 1.165) is 11.1 Å². The molecule has 0 aliphatic rings. The first-order chi connectivity index (χ1) is 24.9. The summed E-state index contributed by atoms with van der Waals surface area (Å²) >= 11 is 0. The first kappa shape index (κ1) is 36.5. The Kier molecular flexibility index (Phi) is 10.8. The number of rotatable bonds is 14. The van der Waals surface area contributed by atoms with Crippen molar-refractivity contribution in [3.63, 3.8) is 0 Å². The van der Waals surface area contributed by atoms with Crippen LogP contribution in [0.15, 0.2) is 97.1 Å². The number of carboxylic acids is 4. The predicted molar refractivity (Wildman–Crippen MR) is 188 cm³/mol. The smallest absolute Gasteiger partial charge is 0.339 e. The molecular weight excluding hydrogens is 672 g/mol. The van der Waals surface area contributed by atoms with E-state index in [0.29, 0.717) is 22.3 Å². The third kappa shape index (κ3) is 7.22. The van der Waals surface area contributed by atoms with Crippen LogP contribution in [0.5, 0.6) is 23.0 Å². The molecule has 0 bridgehead atoms. The fourth-order valence-corrected chi connectivity index (χ4v) is 6.29. The zero-order valence-corrected chi connectivity index (χ0v) is 28.4. The molecule has 5 aromatic rings. The van der Waals surface area contributed by atoms with Crippen molar-refractivity contribution >= 4 is 23.9 Å². The molecule has 5 aromatic carbocycles. The second-order valence-corrected chi connectivity index (χ2v) is 11.6. The molecule has 0 unspecified atom stereocenters. The summed E-state index contributed by atoms with van der Waals surface area (Å²) in [6.07, 6.45) is 0. The predicted octanol–water partition coefficient (Wildman–Crippen LogP) is 6.87. The summed E-state index contributed by atoms with van der Waals surface area (Å²) in [6, 6.07) is 26.4. The number of aromatic carboxylic acids is 4. The molecule has 52 heavy (non-hydrogen) atoms. The Balaban J connectivity index is 1.71. The van der Waals surface area contributed by atoms with Crippen LogP contribution in [0.3, 0.4) is 0 Å². The fourth-order valence-electron chi connectivity index (χ4n) is 6.29. The lowest BCUT2D eigenvalue weighted by atomic mass is 9.81. The van der Waals surface area contributed by atoms with Crippen molar-refractivity contribution < 1.29 is 58.6 Å². The van der Waals surface area contributed by atoms with E-state index >= 15 is 0 Å². The minimum Gasteiger partial charge on any atom is -0.496 e. The largest absolute Gasteiger partial charge is 0.496 e. The summed E-state index contributed by atoms with van der Waals surface area (Å²) in [4.78, 5) is 47.5. The molecule has 0 radical (unpaired) electrons. The molecule has 12 nitrogen and oxygen atoms in total. The minimum absolute atomic E-state index is 0.0318. The van der Waals surface area contributed by atoms with Crippen molar-refractivity contribution in [3.8, 4) is 23.0 Å². The molecule has 0 aliphatic heterocycles. The molecule has 12 heteroatoms. The van der Waals surface area contributed by atoms with Crippen LogP contribution >= 0.6 is 0 Å². The number of carbonyl (C=O) groups is 4. The highest BCUT2D eigenvalue weighted by molar-refractivity contribution is 5.93. The Bertz CT molecular complexity index is 1890. The maximum Gasteiger partial charge on any atom is 0.339 e. The lowest BCUT2D eigenvalue weighted by Gasteiger charge is -2.24. The van der Waals surface area contributed by atoms with Gasteiger partial charge in [0, 0.05) is 11.8 Å². The van der Waals surface area contributed by atoms with Crippen LogP contribution in [-0.4, -0.2) is 72.7 Å². The first-order valence-electron chi connectivity index (χ1n) is 15.7. The van der Waals surface area contributed by atoms with Gasteiger partial charge >= 0.3 is 23.9 Å². The molecule has 0 fully saturated rings. The summed E-state index contributed by atoms with van der Waals surface area (Å²) in [7, 11) is 5.48. The van der Waals surface area contributed by atoms with Gasteiger partial charge in [-0.1, -0.05) is 48.5 Å². The van der Waals surface area contributed by atoms with Crippen molar-refractivity contribution in [2.45, 2.75) is 11.8 Å². The lowest BCUT2D eigenvalue weighted by molar-refractivity contribution is 0.0682. The number of benzene rings is 5. The van der Waals surface area contributed by atoms with Gasteiger partial charge in [-0.3, -0.25) is 0 Å². The highest BCUT2D eigenvalue weighted by Gasteiger charge is 2.26. The fraction of sp³-hybridized carbons (Fsp3) is 0.150. The van der Waals surface area contributed by atoms with Crippen LogP contribution in [0, 0.1) is 0 Å². The summed E-state index contributed by atoms with van der Waals surface area (Å²) in [5.74, 6) is -5.20. The van der Waals surface area contributed by atoms with Crippen LogP contribution < -0.4 is 18.9 Å². The Morgan fingerprint density at radius 3 is 0.731 bits per heavy atom. The summed E-state index contributed by atoms with van der Waals surface area (Å²) in [5, 5.41) is 38.8. The molecule has 4 N–H and O–H groups in total. The number of ether oxygens (including phenoxy) is 4. The maximum atomic E-state index is 11.9. The standard InChI is InChI=1S/C40H34O12/c1-49-31-17-23(9-13-27(31)37(41)42)35(24-10-14-28(38(43)44)32(18-24)50-2)21-5-7-22(8-6-21)36(25-11-15-29(39(45)46)33(19-25)51-3)26-12-16-30(40(47)48)34(20-26)52-4/h5-20,35-36H,1-4H3,(H,41,42)(H,43,44)(H,45,46)(H,47,48). The van der Waals surface area contributed by atoms with E-state index in [4.69, 9.17) is 18.9 Å². The Morgan fingerprint density at radius 1 is 0.365 bits per heavy atom. The van der Waals surface area contributed by atoms with Crippen molar-refractivity contribution in [1.29, 1.82) is 0 Å². The van der Waals surface area contributed by atoms with Crippen molar-refractivity contribution in [3.05, 3.63) is 153 Å². The Labute approximate surface area is 298 Å². The lowest BCUT2D eigenvalue weighted by Crippen LogP contribution is -2.10. The molecule has 0 saturated carbocycles. The van der Waals surface area contributed by atoms with Crippen LogP contribution in [0.25, 0.3) is 0 Å². The number of carboxylic acid groups (broad SMARTS) is 4. The summed E-state index contributed by atoms with van der Waals surface area (Å²) in [6.45, 7) is 0. The van der Waals surface area contributed by atoms with E-state index in [1.807, 2.05) is 24.3 Å². The van der Waals surface area contributed by atoms with Gasteiger partial charge in [-0.05, 0) is 81.9 Å². The van der Waals surface area contributed by atoms with Gasteiger partial charge in [0.05, 0.1) is 28.4 Å². The zero-order chi connectivity index (χ0) is 37.7. The van der Waals surface area contributed by atoms with Gasteiger partial charge in [0.1, 0.15) is 45.3 Å². The van der Waals surface area contributed by atoms with Crippen molar-refractivity contribution in [2.24, 2.45) is 0 Å². The van der Waals surface area contributed by atoms with Crippen LogP contribution in [0.1, 0.15) is 86.6 Å². The Hall–Kier alpha value is -6.82. The molecule has 0 heterocycles. The summed E-state index contributed by atoms with van der Waals surface area (Å²) < 4.78 is 21.7. The molecule has 0 atom stereocenters. The molecule has 266 valence electrons. The van der Waals surface area contributed by atoms with Crippen LogP contribution in [-0.2, 0) is 0 Å². The second kappa shape index (κ2) is 15.4. The average molecular weight is 707 g/mol. The van der Waals surface area contributed by atoms with Gasteiger partial charge in [-0.15, -0.1) is 0 Å². The Morgan fingerprint density at radius 2 is 0.558 bits per heavy atom. The molecule has 0 amide bonds. The zero-order valence-electron chi connectivity index (χ0n) is 28.4. The van der Waals surface area contributed by atoms with E-state index in [1.54, 1.807) is 48.5 Å². The van der Waals surface area contributed by atoms with Crippen LogP contribution in [0.2, 0.25) is 0 Å². The van der Waals surface area contributed by atoms with Crippen molar-refractivity contribution in [1.82, 2.24) is 0 Å². The minimum atomic E-state index is -1.16. The van der Waals surface area contributed by atoms with Gasteiger partial charge in [0.15, 0.2) is 0 Å². The average Bonchev–Trinajstić information content (AvgIpc) is 3.14. The number of hydrogen-bond acceptors (Lipinski definition) is 8. The van der Waals surface area contributed by atoms with Crippen molar-refractivity contribution in [2.75, 3.05) is 28.4 Å². The number of methoxy groups -OCH3 is 4. The van der Waals surface area contributed by atoms with Gasteiger partial charge in [-0.2, -0.15) is 0 Å². The molecule has 5 rings (SSSR count). The van der Waals surface area contributed by atoms with E-state index < -0.39 is 35.7 Å². The van der Waals surface area contributed by atoms with Gasteiger partial charge in [-0.25, -0.2) is 19.2 Å². The molecule has 0 aromatic heterocycles. The molecule has 0 spiro atoms. The van der Waals surface area contributed by atoms with E-state index in [2.05, 4.69) is 0 Å². The third-order valence-corrected chi connectivity index (χ3v) is 8.76. The topological polar surface area (TPSA) is 186 Å². The molecule has 0 saturated heterocycles. The first-order valence-corrected chi connectivity index (χ1v) is 15.7. The molecular formula is C40H34O12. The second-order valence-electron chi connectivity index (χ2n) is 11.6. The SMILES string of the molecule is COc1cc(C(c2ccc(C(c3ccc(C(=O)O)c(OC)c3)c3ccc(C(=O)O)c(OC)c3)cc2)c2ccc(C(=O)O)c(OC)c2)ccc1C(=O)O. The van der Waals surface area contributed by atoms with E-state index in [9.17, 15) is 39.6 Å². The van der Waals surface area contributed by atoms with Gasteiger partial charge < -0.3 is 39.4 Å². The summed E-state index contributed by atoms with van der Waals surface area (Å²) in [5.41, 5.74) is 3.97. The van der Waals surface area contributed by atoms with Gasteiger partial charge in [0.2, 0.25) is 0 Å². The van der Waals surface area contributed by atoms with Crippen LogP contribution in [0.4, 0.5) is 0 Å². The number of hydrogen-bond donors (Lipinski definition) is 4. The third-order valence-electron chi connectivity index (χ3n) is 8.76. The van der Waals surface area contributed by atoms with E-state index in [1.165, 1.54) is 52.7 Å². The highest BCUT2D eigenvalue weighted by Crippen LogP contribution is 2.40. The van der Waals surface area contributed by atoms with Gasteiger partial charge in [0.25, 0.3) is 0 Å². The molecule has 0 aliphatic carbocycles. The maximum absolute atomic E-state index is 11.9. The monoisotopic (exact) mass is 706 g/mol. The quantitative estimate of drug-likeness (QED) is 0.0879. The normalized spacial score (nSPS) is 10.9.